The second-order valence-corrected chi connectivity index (χ2v) is 4.72. The molecule has 1 N–H and O–H groups in total. The average Bonchev–Trinajstić information content (AvgIpc) is 2.38. The topological polar surface area (TPSA) is 54.5 Å². The quantitative estimate of drug-likeness (QED) is 0.893. The van der Waals surface area contributed by atoms with Gasteiger partial charge in [0.1, 0.15) is 5.82 Å². The van der Waals surface area contributed by atoms with E-state index in [1.54, 1.807) is 13.1 Å². The first kappa shape index (κ1) is 13.4. The lowest BCUT2D eigenvalue weighted by Crippen LogP contribution is -2.49. The highest BCUT2D eigenvalue weighted by molar-refractivity contribution is 6.36. The Bertz CT molecular complexity index is 456. The van der Waals surface area contributed by atoms with Crippen LogP contribution in [0, 0.1) is 0 Å². The molecule has 1 amide bonds. The summed E-state index contributed by atoms with van der Waals surface area (Å²) in [5, 5.41) is 3.52. The highest BCUT2D eigenvalue weighted by Crippen LogP contribution is 2.27. The van der Waals surface area contributed by atoms with Crippen molar-refractivity contribution in [3.8, 4) is 0 Å². The lowest BCUT2D eigenvalue weighted by molar-refractivity contribution is -0.132. The molecule has 2 rings (SSSR count). The number of nitrogens with one attached hydrogen (secondary N) is 1. The van der Waals surface area contributed by atoms with Crippen LogP contribution in [0.1, 0.15) is 0 Å². The number of anilines is 1. The molecule has 18 heavy (non-hydrogen) atoms. The molecule has 1 aliphatic heterocycles. The largest absolute Gasteiger partial charge is 0.365 e. The van der Waals surface area contributed by atoms with Crippen LogP contribution in [-0.4, -0.2) is 43.7 Å². The van der Waals surface area contributed by atoms with Gasteiger partial charge in [-0.25, -0.2) is 4.98 Å². The van der Waals surface area contributed by atoms with E-state index >= 15 is 0 Å². The first-order valence-electron chi connectivity index (χ1n) is 5.51. The number of carbonyl (C=O) groups is 1. The summed E-state index contributed by atoms with van der Waals surface area (Å²) in [7, 11) is 1.58. The third kappa shape index (κ3) is 2.85. The number of amides is 1. The molecule has 1 atom stereocenters. The lowest BCUT2D eigenvalue weighted by atomic mass is 10.2. The Morgan fingerprint density at radius 1 is 1.61 bits per heavy atom. The number of carbonyl (C=O) groups excluding carboxylic acids is 1. The predicted octanol–water partition coefficient (Wildman–Crippen LogP) is 1.34. The molecule has 5 nitrogen and oxygen atoms in total. The van der Waals surface area contributed by atoms with Crippen LogP contribution in [0.25, 0.3) is 0 Å². The zero-order chi connectivity index (χ0) is 13.1. The van der Waals surface area contributed by atoms with E-state index in [0.717, 1.165) is 0 Å². The normalized spacial score (nSPS) is 19.7. The van der Waals surface area contributed by atoms with Gasteiger partial charge in [0, 0.05) is 19.8 Å². The molecule has 98 valence electrons. The van der Waals surface area contributed by atoms with Gasteiger partial charge in [-0.05, 0) is 6.07 Å². The predicted molar refractivity (Wildman–Crippen MR) is 70.3 cm³/mol. The van der Waals surface area contributed by atoms with Crippen LogP contribution < -0.4 is 10.2 Å². The summed E-state index contributed by atoms with van der Waals surface area (Å²) >= 11 is 11.9. The maximum atomic E-state index is 11.5. The third-order valence-electron chi connectivity index (χ3n) is 2.69. The minimum absolute atomic E-state index is 0.148. The van der Waals surface area contributed by atoms with Gasteiger partial charge in [-0.2, -0.15) is 0 Å². The number of hydrogen-bond acceptors (Lipinski definition) is 4. The first-order valence-corrected chi connectivity index (χ1v) is 6.26. The molecule has 0 unspecified atom stereocenters. The minimum atomic E-state index is -0.503. The summed E-state index contributed by atoms with van der Waals surface area (Å²) in [6.45, 7) is 1.52. The molecule has 1 aromatic heterocycles. The van der Waals surface area contributed by atoms with E-state index in [0.29, 0.717) is 35.6 Å². The smallest absolute Gasteiger partial charge is 0.250 e. The number of ether oxygens (including phenoxy) is 1. The first-order chi connectivity index (χ1) is 8.61. The van der Waals surface area contributed by atoms with Gasteiger partial charge < -0.3 is 15.0 Å². The molecule has 0 radical (unpaired) electrons. The molecule has 0 spiro atoms. The van der Waals surface area contributed by atoms with Crippen LogP contribution in [-0.2, 0) is 9.53 Å². The maximum absolute atomic E-state index is 11.5. The van der Waals surface area contributed by atoms with Gasteiger partial charge in [-0.3, -0.25) is 4.79 Å². The van der Waals surface area contributed by atoms with Gasteiger partial charge in [-0.1, -0.05) is 23.2 Å². The third-order valence-corrected chi connectivity index (χ3v) is 3.18. The molecule has 0 aliphatic carbocycles. The monoisotopic (exact) mass is 289 g/mol. The van der Waals surface area contributed by atoms with Crippen LogP contribution in [0.4, 0.5) is 5.82 Å². The van der Waals surface area contributed by atoms with E-state index in [9.17, 15) is 4.79 Å². The van der Waals surface area contributed by atoms with Crippen molar-refractivity contribution >= 4 is 34.9 Å². The van der Waals surface area contributed by atoms with Crippen molar-refractivity contribution in [3.05, 3.63) is 22.3 Å². The summed E-state index contributed by atoms with van der Waals surface area (Å²) in [5.74, 6) is 0.475. The van der Waals surface area contributed by atoms with Crippen LogP contribution in [0.15, 0.2) is 12.3 Å². The Hall–Kier alpha value is -1.04. The van der Waals surface area contributed by atoms with E-state index in [-0.39, 0.29) is 5.91 Å². The molecule has 1 aliphatic rings. The van der Waals surface area contributed by atoms with Crippen LogP contribution >= 0.6 is 23.2 Å². The highest BCUT2D eigenvalue weighted by Gasteiger charge is 2.27. The molecule has 0 aromatic carbocycles. The van der Waals surface area contributed by atoms with Crippen molar-refractivity contribution in [2.75, 3.05) is 31.6 Å². The van der Waals surface area contributed by atoms with Gasteiger partial charge in [0.05, 0.1) is 23.2 Å². The van der Waals surface area contributed by atoms with E-state index in [1.807, 2.05) is 4.90 Å². The number of pyridine rings is 1. The Morgan fingerprint density at radius 3 is 3.06 bits per heavy atom. The van der Waals surface area contributed by atoms with E-state index in [2.05, 4.69) is 10.3 Å². The number of morpholine rings is 1. The van der Waals surface area contributed by atoms with Crippen LogP contribution in [0.3, 0.4) is 0 Å². The number of halogens is 2. The molecule has 2 heterocycles. The Kier molecular flexibility index (Phi) is 4.27. The van der Waals surface area contributed by atoms with Crippen molar-refractivity contribution in [2.45, 2.75) is 6.10 Å². The zero-order valence-electron chi connectivity index (χ0n) is 9.82. The lowest BCUT2D eigenvalue weighted by Gasteiger charge is -2.33. The van der Waals surface area contributed by atoms with Crippen molar-refractivity contribution in [2.24, 2.45) is 0 Å². The van der Waals surface area contributed by atoms with Gasteiger partial charge in [0.2, 0.25) is 0 Å². The molecule has 0 saturated carbocycles. The van der Waals surface area contributed by atoms with Crippen molar-refractivity contribution < 1.29 is 9.53 Å². The molecule has 1 aromatic rings. The summed E-state index contributed by atoms with van der Waals surface area (Å²) in [6.07, 6.45) is 1.03. The zero-order valence-corrected chi connectivity index (χ0v) is 11.3. The number of aromatic nitrogens is 1. The average molecular weight is 290 g/mol. The van der Waals surface area contributed by atoms with Gasteiger partial charge in [0.25, 0.3) is 5.91 Å². The fourth-order valence-corrected chi connectivity index (χ4v) is 2.30. The number of hydrogen-bond donors (Lipinski definition) is 1. The minimum Gasteiger partial charge on any atom is -0.365 e. The van der Waals surface area contributed by atoms with E-state index < -0.39 is 6.10 Å². The summed E-state index contributed by atoms with van der Waals surface area (Å²) in [5.41, 5.74) is 0. The molecule has 0 bridgehead atoms. The van der Waals surface area contributed by atoms with Gasteiger partial charge in [0.15, 0.2) is 6.10 Å². The fraction of sp³-hybridized carbons (Fsp3) is 0.455. The van der Waals surface area contributed by atoms with Crippen molar-refractivity contribution in [3.63, 3.8) is 0 Å². The second kappa shape index (κ2) is 5.73. The Morgan fingerprint density at radius 2 is 2.39 bits per heavy atom. The SMILES string of the molecule is CNC(=O)[C@@H]1CN(c2ncc(Cl)cc2Cl)CCO1. The summed E-state index contributed by atoms with van der Waals surface area (Å²) in [4.78, 5) is 17.7. The standard InChI is InChI=1S/C11H13Cl2N3O2/c1-14-11(17)9-6-16(2-3-18-9)10-8(13)4-7(12)5-15-10/h4-5,9H,2-3,6H2,1H3,(H,14,17)/t9-/m0/s1. The number of rotatable bonds is 2. The highest BCUT2D eigenvalue weighted by atomic mass is 35.5. The summed E-state index contributed by atoms with van der Waals surface area (Å²) in [6, 6.07) is 1.63. The van der Waals surface area contributed by atoms with Gasteiger partial charge in [-0.15, -0.1) is 0 Å². The Balaban J connectivity index is 2.15. The van der Waals surface area contributed by atoms with Gasteiger partial charge >= 0.3 is 0 Å². The second-order valence-electron chi connectivity index (χ2n) is 3.88. The molecule has 1 fully saturated rings. The van der Waals surface area contributed by atoms with Crippen LogP contribution in [0.5, 0.6) is 0 Å². The van der Waals surface area contributed by atoms with E-state index in [4.69, 9.17) is 27.9 Å². The van der Waals surface area contributed by atoms with Crippen LogP contribution in [0.2, 0.25) is 10.0 Å². The molecule has 7 heteroatoms. The molecule has 1 saturated heterocycles. The van der Waals surface area contributed by atoms with Crippen molar-refractivity contribution in [1.29, 1.82) is 0 Å². The van der Waals surface area contributed by atoms with E-state index in [1.165, 1.54) is 6.20 Å². The number of likely N-dealkylation sites (N-methyl/N-ethyl adjacent to an activating group) is 1. The van der Waals surface area contributed by atoms with Crippen molar-refractivity contribution in [1.82, 2.24) is 10.3 Å². The molecular weight excluding hydrogens is 277 g/mol. The maximum Gasteiger partial charge on any atom is 0.250 e. The Labute approximate surface area is 115 Å². The number of nitrogens with zero attached hydrogens (tertiary/aromatic N) is 2. The molecular formula is C11H13Cl2N3O2. The fourth-order valence-electron chi connectivity index (χ4n) is 1.80. The summed E-state index contributed by atoms with van der Waals surface area (Å²) < 4.78 is 5.40.